The van der Waals surface area contributed by atoms with Gasteiger partial charge in [0.2, 0.25) is 5.01 Å². The molecule has 0 atom stereocenters. The number of carboxylic acids is 1. The number of hydrogen-bond acceptors (Lipinski definition) is 4. The van der Waals surface area contributed by atoms with Gasteiger partial charge in [-0.3, -0.25) is 0 Å². The van der Waals surface area contributed by atoms with Gasteiger partial charge < -0.3 is 9.84 Å². The fraction of sp³-hybridized carbons (Fsp3) is 0.0909. The standard InChI is InChI=1S/C11H7Cl2NO3S/c12-6-1-7(13)3-9(2-6)17-4-8-5-18-10(14-8)11(15)16/h1-3,5H,4H2,(H,15,16). The molecule has 0 bridgehead atoms. The first kappa shape index (κ1) is 13.1. The second kappa shape index (κ2) is 5.56. The molecule has 1 heterocycles. The van der Waals surface area contributed by atoms with E-state index in [2.05, 4.69) is 4.98 Å². The summed E-state index contributed by atoms with van der Waals surface area (Å²) in [5.74, 6) is -0.533. The number of nitrogens with zero attached hydrogens (tertiary/aromatic N) is 1. The van der Waals surface area contributed by atoms with Crippen molar-refractivity contribution in [2.45, 2.75) is 6.61 Å². The zero-order chi connectivity index (χ0) is 13.1. The van der Waals surface area contributed by atoms with Crippen molar-refractivity contribution >= 4 is 40.5 Å². The predicted octanol–water partition coefficient (Wildman–Crippen LogP) is 3.73. The minimum Gasteiger partial charge on any atom is -0.487 e. The van der Waals surface area contributed by atoms with Crippen LogP contribution in [0.15, 0.2) is 23.6 Å². The van der Waals surface area contributed by atoms with E-state index in [1.165, 1.54) is 0 Å². The molecule has 0 aliphatic heterocycles. The first-order valence-electron chi connectivity index (χ1n) is 4.81. The number of aromatic carboxylic acids is 1. The summed E-state index contributed by atoms with van der Waals surface area (Å²) in [4.78, 5) is 14.5. The topological polar surface area (TPSA) is 59.4 Å². The summed E-state index contributed by atoms with van der Waals surface area (Å²) in [7, 11) is 0. The number of aromatic nitrogens is 1. The van der Waals surface area contributed by atoms with E-state index in [1.54, 1.807) is 23.6 Å². The zero-order valence-electron chi connectivity index (χ0n) is 8.89. The maximum absolute atomic E-state index is 10.7. The van der Waals surface area contributed by atoms with Crippen molar-refractivity contribution < 1.29 is 14.6 Å². The van der Waals surface area contributed by atoms with E-state index in [4.69, 9.17) is 33.0 Å². The van der Waals surface area contributed by atoms with Gasteiger partial charge >= 0.3 is 5.97 Å². The predicted molar refractivity (Wildman–Crippen MR) is 69.9 cm³/mol. The maximum Gasteiger partial charge on any atom is 0.365 e. The number of thiazole rings is 1. The van der Waals surface area contributed by atoms with Gasteiger partial charge in [-0.1, -0.05) is 23.2 Å². The molecule has 94 valence electrons. The van der Waals surface area contributed by atoms with E-state index in [0.717, 1.165) is 11.3 Å². The third-order valence-electron chi connectivity index (χ3n) is 1.96. The van der Waals surface area contributed by atoms with Crippen LogP contribution in [0.1, 0.15) is 15.5 Å². The average Bonchev–Trinajstić information content (AvgIpc) is 2.73. The third kappa shape index (κ3) is 3.35. The molecule has 0 fully saturated rings. The molecule has 2 aromatic rings. The molecule has 0 saturated carbocycles. The van der Waals surface area contributed by atoms with Crippen LogP contribution in [0.4, 0.5) is 0 Å². The van der Waals surface area contributed by atoms with Gasteiger partial charge in [0.05, 0.1) is 5.69 Å². The van der Waals surface area contributed by atoms with Crippen LogP contribution >= 0.6 is 34.5 Å². The minimum absolute atomic E-state index is 0.0396. The van der Waals surface area contributed by atoms with Crippen LogP contribution in [0.5, 0.6) is 5.75 Å². The van der Waals surface area contributed by atoms with Crippen molar-refractivity contribution in [1.82, 2.24) is 4.98 Å². The molecule has 2 rings (SSSR count). The van der Waals surface area contributed by atoms with Crippen molar-refractivity contribution in [3.05, 3.63) is 44.3 Å². The summed E-state index contributed by atoms with van der Waals surface area (Å²) >= 11 is 12.7. The highest BCUT2D eigenvalue weighted by Gasteiger charge is 2.09. The molecular formula is C11H7Cl2NO3S. The van der Waals surface area contributed by atoms with Gasteiger partial charge in [-0.05, 0) is 18.2 Å². The molecule has 0 unspecified atom stereocenters. The highest BCUT2D eigenvalue weighted by atomic mass is 35.5. The summed E-state index contributed by atoms with van der Waals surface area (Å²) in [6.45, 7) is 0.167. The highest BCUT2D eigenvalue weighted by molar-refractivity contribution is 7.11. The van der Waals surface area contributed by atoms with Crippen LogP contribution in [0, 0.1) is 0 Å². The van der Waals surface area contributed by atoms with Gasteiger partial charge in [0, 0.05) is 15.4 Å². The van der Waals surface area contributed by atoms with E-state index < -0.39 is 5.97 Å². The fourth-order valence-electron chi connectivity index (χ4n) is 1.24. The van der Waals surface area contributed by atoms with E-state index in [-0.39, 0.29) is 11.6 Å². The lowest BCUT2D eigenvalue weighted by Gasteiger charge is -2.05. The average molecular weight is 304 g/mol. The largest absolute Gasteiger partial charge is 0.487 e. The van der Waals surface area contributed by atoms with Crippen LogP contribution in [-0.2, 0) is 6.61 Å². The first-order chi connectivity index (χ1) is 8.54. The van der Waals surface area contributed by atoms with Gasteiger partial charge in [0.25, 0.3) is 0 Å². The Morgan fingerprint density at radius 2 is 2.00 bits per heavy atom. The van der Waals surface area contributed by atoms with Crippen LogP contribution in [0.2, 0.25) is 10.0 Å². The van der Waals surface area contributed by atoms with Crippen molar-refractivity contribution in [1.29, 1.82) is 0 Å². The molecule has 0 spiro atoms. The van der Waals surface area contributed by atoms with Crippen LogP contribution in [0.3, 0.4) is 0 Å². The number of halogens is 2. The molecule has 0 aliphatic carbocycles. The zero-order valence-corrected chi connectivity index (χ0v) is 11.2. The van der Waals surface area contributed by atoms with Crippen molar-refractivity contribution in [3.63, 3.8) is 0 Å². The summed E-state index contributed by atoms with van der Waals surface area (Å²) in [5, 5.41) is 11.4. The number of carbonyl (C=O) groups is 1. The Morgan fingerprint density at radius 3 is 2.56 bits per heavy atom. The summed E-state index contributed by atoms with van der Waals surface area (Å²) in [6, 6.07) is 4.84. The van der Waals surface area contributed by atoms with Crippen molar-refractivity contribution in [3.8, 4) is 5.75 Å². The summed E-state index contributed by atoms with van der Waals surface area (Å²) in [6.07, 6.45) is 0. The first-order valence-corrected chi connectivity index (χ1v) is 6.45. The molecular weight excluding hydrogens is 297 g/mol. The summed E-state index contributed by atoms with van der Waals surface area (Å²) in [5.41, 5.74) is 0.550. The Morgan fingerprint density at radius 1 is 1.33 bits per heavy atom. The van der Waals surface area contributed by atoms with Gasteiger partial charge in [0.1, 0.15) is 12.4 Å². The van der Waals surface area contributed by atoms with Crippen LogP contribution in [0.25, 0.3) is 0 Å². The molecule has 7 heteroatoms. The number of benzene rings is 1. The van der Waals surface area contributed by atoms with Crippen molar-refractivity contribution in [2.24, 2.45) is 0 Å². The van der Waals surface area contributed by atoms with Gasteiger partial charge in [-0.15, -0.1) is 11.3 Å². The lowest BCUT2D eigenvalue weighted by molar-refractivity contribution is 0.0696. The fourth-order valence-corrected chi connectivity index (χ4v) is 2.39. The molecule has 0 amide bonds. The van der Waals surface area contributed by atoms with E-state index in [9.17, 15) is 4.79 Å². The molecule has 1 aromatic carbocycles. The van der Waals surface area contributed by atoms with Gasteiger partial charge in [0.15, 0.2) is 0 Å². The Hall–Kier alpha value is -1.30. The maximum atomic E-state index is 10.7. The normalized spacial score (nSPS) is 10.3. The van der Waals surface area contributed by atoms with Gasteiger partial charge in [-0.25, -0.2) is 9.78 Å². The summed E-state index contributed by atoms with van der Waals surface area (Å²) < 4.78 is 5.43. The monoisotopic (exact) mass is 303 g/mol. The number of carboxylic acid groups (broad SMARTS) is 1. The van der Waals surface area contributed by atoms with Crippen LogP contribution in [-0.4, -0.2) is 16.1 Å². The number of rotatable bonds is 4. The molecule has 18 heavy (non-hydrogen) atoms. The minimum atomic E-state index is -1.04. The molecule has 0 aliphatic rings. The number of ether oxygens (including phenoxy) is 1. The van der Waals surface area contributed by atoms with Crippen molar-refractivity contribution in [2.75, 3.05) is 0 Å². The second-order valence-electron chi connectivity index (χ2n) is 3.34. The van der Waals surface area contributed by atoms with Crippen LogP contribution < -0.4 is 4.74 Å². The molecule has 1 aromatic heterocycles. The molecule has 4 nitrogen and oxygen atoms in total. The lowest BCUT2D eigenvalue weighted by atomic mass is 10.3. The Labute approximate surface area is 117 Å². The quantitative estimate of drug-likeness (QED) is 0.935. The smallest absolute Gasteiger partial charge is 0.365 e. The second-order valence-corrected chi connectivity index (χ2v) is 5.07. The lowest BCUT2D eigenvalue weighted by Crippen LogP contribution is -1.99. The Balaban J connectivity index is 2.04. The Bertz CT molecular complexity index is 565. The SMILES string of the molecule is O=C(O)c1nc(COc2cc(Cl)cc(Cl)c2)cs1. The van der Waals surface area contributed by atoms with E-state index in [0.29, 0.717) is 21.5 Å². The third-order valence-corrected chi connectivity index (χ3v) is 3.27. The number of hydrogen-bond donors (Lipinski definition) is 1. The molecule has 0 radical (unpaired) electrons. The van der Waals surface area contributed by atoms with Gasteiger partial charge in [-0.2, -0.15) is 0 Å². The van der Waals surface area contributed by atoms with E-state index >= 15 is 0 Å². The Kier molecular flexibility index (Phi) is 4.06. The molecule has 1 N–H and O–H groups in total. The van der Waals surface area contributed by atoms with E-state index in [1.807, 2.05) is 0 Å². The highest BCUT2D eigenvalue weighted by Crippen LogP contribution is 2.25. The molecule has 0 saturated heterocycles.